The molecule has 0 aromatic heterocycles. The molecule has 0 spiro atoms. The number of hydrogen-bond acceptors (Lipinski definition) is 6. The van der Waals surface area contributed by atoms with Gasteiger partial charge in [0.1, 0.15) is 18.0 Å². The average molecular weight is 646 g/mol. The maximum atomic E-state index is 13.4. The van der Waals surface area contributed by atoms with Gasteiger partial charge in [-0.3, -0.25) is 19.8 Å². The fourth-order valence-electron chi connectivity index (χ4n) is 3.65. The first-order valence-electron chi connectivity index (χ1n) is 11.3. The molecular formula is C27H20FIN2O6S. The van der Waals surface area contributed by atoms with E-state index in [1.54, 1.807) is 24.3 Å². The van der Waals surface area contributed by atoms with Gasteiger partial charge in [0.25, 0.3) is 11.8 Å². The van der Waals surface area contributed by atoms with Crippen molar-refractivity contribution in [2.75, 3.05) is 11.5 Å². The smallest absolute Gasteiger partial charge is 0.335 e. The SMILES string of the molecule is CCOc1cc(C=C2C(=O)NC(=S)N(c3cccc(C(=O)O)c3)C2=O)cc(I)c1OCc1ccc(F)cc1. The molecule has 0 saturated carbocycles. The van der Waals surface area contributed by atoms with Crippen molar-refractivity contribution < 1.29 is 33.4 Å². The summed E-state index contributed by atoms with van der Waals surface area (Å²) in [4.78, 5) is 38.5. The lowest BCUT2D eigenvalue weighted by Crippen LogP contribution is -2.54. The lowest BCUT2D eigenvalue weighted by molar-refractivity contribution is -0.122. The molecule has 2 N–H and O–H groups in total. The normalized spacial score (nSPS) is 14.4. The fraction of sp³-hybridized carbons (Fsp3) is 0.111. The Labute approximate surface area is 236 Å². The molecule has 3 aromatic carbocycles. The summed E-state index contributed by atoms with van der Waals surface area (Å²) < 4.78 is 25.6. The number of carboxylic acids is 1. The zero-order valence-electron chi connectivity index (χ0n) is 19.9. The third kappa shape index (κ3) is 6.00. The molecule has 0 aliphatic carbocycles. The summed E-state index contributed by atoms with van der Waals surface area (Å²) in [6.07, 6.45) is 1.40. The molecule has 1 fully saturated rings. The van der Waals surface area contributed by atoms with Gasteiger partial charge >= 0.3 is 5.97 Å². The third-order valence-corrected chi connectivity index (χ3v) is 6.48. The van der Waals surface area contributed by atoms with E-state index in [1.165, 1.54) is 42.5 Å². The van der Waals surface area contributed by atoms with Crippen LogP contribution in [0.1, 0.15) is 28.4 Å². The molecule has 0 atom stereocenters. The number of thiocarbonyl (C=S) groups is 1. The van der Waals surface area contributed by atoms with Crippen LogP contribution in [0.2, 0.25) is 0 Å². The molecule has 1 aliphatic heterocycles. The van der Waals surface area contributed by atoms with Crippen molar-refractivity contribution >= 4 is 69.5 Å². The minimum absolute atomic E-state index is 0.0346. The molecule has 1 heterocycles. The van der Waals surface area contributed by atoms with Crippen molar-refractivity contribution in [2.24, 2.45) is 0 Å². The lowest BCUT2D eigenvalue weighted by Gasteiger charge is -2.29. The van der Waals surface area contributed by atoms with Crippen molar-refractivity contribution in [3.05, 3.63) is 92.3 Å². The van der Waals surface area contributed by atoms with Crippen LogP contribution in [-0.2, 0) is 16.2 Å². The number of nitrogens with one attached hydrogen (secondary N) is 1. The Morgan fingerprint density at radius 1 is 1.13 bits per heavy atom. The second kappa shape index (κ2) is 11.7. The number of anilines is 1. The van der Waals surface area contributed by atoms with E-state index < -0.39 is 17.8 Å². The molecule has 1 aliphatic rings. The summed E-state index contributed by atoms with van der Waals surface area (Å²) in [7, 11) is 0. The van der Waals surface area contributed by atoms with Crippen LogP contribution in [-0.4, -0.2) is 34.6 Å². The first-order valence-corrected chi connectivity index (χ1v) is 12.7. The van der Waals surface area contributed by atoms with E-state index in [9.17, 15) is 23.9 Å². The number of carboxylic acid groups (broad SMARTS) is 1. The molecule has 194 valence electrons. The third-order valence-electron chi connectivity index (χ3n) is 5.39. The number of rotatable bonds is 8. The highest BCUT2D eigenvalue weighted by atomic mass is 127. The quantitative estimate of drug-likeness (QED) is 0.155. The van der Waals surface area contributed by atoms with Gasteiger partial charge in [0.2, 0.25) is 0 Å². The number of aromatic carboxylic acids is 1. The van der Waals surface area contributed by atoms with Crippen LogP contribution < -0.4 is 19.7 Å². The molecule has 0 unspecified atom stereocenters. The number of ether oxygens (including phenoxy) is 2. The van der Waals surface area contributed by atoms with Crippen LogP contribution in [0, 0.1) is 9.39 Å². The average Bonchev–Trinajstić information content (AvgIpc) is 2.87. The van der Waals surface area contributed by atoms with Gasteiger partial charge in [0.15, 0.2) is 16.6 Å². The molecule has 0 radical (unpaired) electrons. The summed E-state index contributed by atoms with van der Waals surface area (Å²) in [5.74, 6) is -2.03. The number of carbonyl (C=O) groups excluding carboxylic acids is 2. The Morgan fingerprint density at radius 3 is 2.55 bits per heavy atom. The Morgan fingerprint density at radius 2 is 1.87 bits per heavy atom. The highest BCUT2D eigenvalue weighted by Crippen LogP contribution is 2.36. The molecule has 11 heteroatoms. The monoisotopic (exact) mass is 646 g/mol. The van der Waals surface area contributed by atoms with E-state index in [0.29, 0.717) is 27.2 Å². The highest BCUT2D eigenvalue weighted by Gasteiger charge is 2.35. The standard InChI is InChI=1S/C27H20FIN2O6S/c1-2-36-22-12-16(11-21(29)23(22)37-14-15-6-8-18(28)9-7-15)10-20-24(32)30-27(38)31(25(20)33)19-5-3-4-17(13-19)26(34)35/h3-13H,2,14H2,1H3,(H,34,35)(H,30,32,38). The lowest BCUT2D eigenvalue weighted by atomic mass is 10.1. The molecule has 38 heavy (non-hydrogen) atoms. The zero-order chi connectivity index (χ0) is 27.4. The van der Waals surface area contributed by atoms with E-state index in [4.69, 9.17) is 21.7 Å². The van der Waals surface area contributed by atoms with Crippen molar-refractivity contribution in [1.29, 1.82) is 0 Å². The van der Waals surface area contributed by atoms with Gasteiger partial charge in [0.05, 0.1) is 21.4 Å². The number of carbonyl (C=O) groups is 3. The van der Waals surface area contributed by atoms with Gasteiger partial charge in [-0.05, 0) is 101 Å². The summed E-state index contributed by atoms with van der Waals surface area (Å²) in [6.45, 7) is 2.33. The predicted octanol–water partition coefficient (Wildman–Crippen LogP) is 4.94. The maximum Gasteiger partial charge on any atom is 0.335 e. The second-order valence-corrected chi connectivity index (χ2v) is 9.54. The van der Waals surface area contributed by atoms with Crippen LogP contribution >= 0.6 is 34.8 Å². The Balaban J connectivity index is 1.66. The van der Waals surface area contributed by atoms with Gasteiger partial charge in [-0.1, -0.05) is 18.2 Å². The van der Waals surface area contributed by atoms with Crippen LogP contribution in [0.3, 0.4) is 0 Å². The van der Waals surface area contributed by atoms with Crippen molar-refractivity contribution in [3.63, 3.8) is 0 Å². The highest BCUT2D eigenvalue weighted by molar-refractivity contribution is 14.1. The first kappa shape index (κ1) is 27.2. The van der Waals surface area contributed by atoms with Gasteiger partial charge in [-0.2, -0.15) is 0 Å². The van der Waals surface area contributed by atoms with E-state index in [0.717, 1.165) is 10.5 Å². The van der Waals surface area contributed by atoms with Crippen LogP contribution in [0.4, 0.5) is 10.1 Å². The predicted molar refractivity (Wildman–Crippen MR) is 151 cm³/mol. The Bertz CT molecular complexity index is 1470. The molecule has 3 aromatic rings. The van der Waals surface area contributed by atoms with Crippen molar-refractivity contribution in [2.45, 2.75) is 13.5 Å². The van der Waals surface area contributed by atoms with Gasteiger partial charge < -0.3 is 14.6 Å². The topological polar surface area (TPSA) is 105 Å². The number of nitrogens with zero attached hydrogens (tertiary/aromatic N) is 1. The number of hydrogen-bond donors (Lipinski definition) is 2. The van der Waals surface area contributed by atoms with Gasteiger partial charge in [-0.25, -0.2) is 9.18 Å². The van der Waals surface area contributed by atoms with E-state index in [2.05, 4.69) is 27.9 Å². The fourth-order valence-corrected chi connectivity index (χ4v) is 4.71. The Hall–Kier alpha value is -3.84. The molecule has 8 nitrogen and oxygen atoms in total. The number of halogens is 2. The second-order valence-electron chi connectivity index (χ2n) is 7.99. The maximum absolute atomic E-state index is 13.4. The summed E-state index contributed by atoms with van der Waals surface area (Å²) in [5.41, 5.74) is 1.24. The van der Waals surface area contributed by atoms with Crippen molar-refractivity contribution in [3.8, 4) is 11.5 Å². The largest absolute Gasteiger partial charge is 0.490 e. The zero-order valence-corrected chi connectivity index (χ0v) is 22.8. The van der Waals surface area contributed by atoms with Gasteiger partial charge in [-0.15, -0.1) is 0 Å². The minimum Gasteiger partial charge on any atom is -0.490 e. The minimum atomic E-state index is -1.17. The molecule has 4 rings (SSSR count). The molecule has 1 saturated heterocycles. The summed E-state index contributed by atoms with van der Waals surface area (Å²) in [6, 6.07) is 15.0. The van der Waals surface area contributed by atoms with Gasteiger partial charge in [0, 0.05) is 0 Å². The van der Waals surface area contributed by atoms with Crippen LogP contribution in [0.5, 0.6) is 11.5 Å². The van der Waals surface area contributed by atoms with Crippen LogP contribution in [0.25, 0.3) is 6.08 Å². The van der Waals surface area contributed by atoms with E-state index >= 15 is 0 Å². The van der Waals surface area contributed by atoms with Crippen LogP contribution in [0.15, 0.2) is 66.2 Å². The molecule has 2 amide bonds. The Kier molecular flexibility index (Phi) is 8.37. The number of benzene rings is 3. The summed E-state index contributed by atoms with van der Waals surface area (Å²) in [5, 5.41) is 11.6. The number of amides is 2. The van der Waals surface area contributed by atoms with E-state index in [-0.39, 0.29) is 34.4 Å². The molecular weight excluding hydrogens is 626 g/mol. The first-order chi connectivity index (χ1) is 18.2. The molecule has 0 bridgehead atoms. The summed E-state index contributed by atoms with van der Waals surface area (Å²) >= 11 is 7.26. The van der Waals surface area contributed by atoms with Crippen molar-refractivity contribution in [1.82, 2.24) is 5.32 Å². The van der Waals surface area contributed by atoms with E-state index in [1.807, 2.05) is 6.92 Å².